The Kier molecular flexibility index (Phi) is 2.76. The molecule has 1 N–H and O–H groups in total. The van der Waals surface area contributed by atoms with E-state index in [1.165, 1.54) is 0 Å². The van der Waals surface area contributed by atoms with E-state index in [4.69, 9.17) is 21.1 Å². The number of ether oxygens (including phenoxy) is 2. The molecule has 0 aliphatic carbocycles. The second-order valence-electron chi connectivity index (χ2n) is 4.06. The van der Waals surface area contributed by atoms with Gasteiger partial charge in [-0.3, -0.25) is 0 Å². The lowest BCUT2D eigenvalue weighted by Gasteiger charge is -2.11. The fraction of sp³-hybridized carbons (Fsp3) is 0.143. The van der Waals surface area contributed by atoms with E-state index in [0.29, 0.717) is 5.02 Å². The summed E-state index contributed by atoms with van der Waals surface area (Å²) >= 11 is 5.94. The third kappa shape index (κ3) is 1.97. The first-order chi connectivity index (χ1) is 8.76. The van der Waals surface area contributed by atoms with Crippen molar-refractivity contribution in [3.63, 3.8) is 0 Å². The van der Waals surface area contributed by atoms with Crippen LogP contribution in [0.25, 0.3) is 0 Å². The lowest BCUT2D eigenvalue weighted by molar-refractivity contribution is 0.259. The monoisotopic (exact) mass is 261 g/mol. The molecule has 0 aromatic heterocycles. The first-order valence-corrected chi connectivity index (χ1v) is 6.01. The van der Waals surface area contributed by atoms with Crippen molar-refractivity contribution < 1.29 is 9.47 Å². The van der Waals surface area contributed by atoms with Gasteiger partial charge < -0.3 is 14.8 Å². The van der Waals surface area contributed by atoms with E-state index in [9.17, 15) is 0 Å². The predicted molar refractivity (Wildman–Crippen MR) is 71.4 cm³/mol. The number of benzene rings is 2. The van der Waals surface area contributed by atoms with E-state index < -0.39 is 0 Å². The molecule has 0 radical (unpaired) electrons. The Balaban J connectivity index is 1.84. The van der Waals surface area contributed by atoms with Gasteiger partial charge in [-0.1, -0.05) is 11.6 Å². The molecule has 0 amide bonds. The van der Waals surface area contributed by atoms with E-state index in [2.05, 4.69) is 5.32 Å². The molecule has 18 heavy (non-hydrogen) atoms. The zero-order chi connectivity index (χ0) is 12.5. The van der Waals surface area contributed by atoms with E-state index in [1.54, 1.807) is 7.11 Å². The minimum atomic E-state index is -0.177. The summed E-state index contributed by atoms with van der Waals surface area (Å²) < 4.78 is 10.9. The van der Waals surface area contributed by atoms with Crippen LogP contribution in [-0.2, 0) is 0 Å². The van der Waals surface area contributed by atoms with E-state index in [1.807, 2.05) is 42.5 Å². The first-order valence-electron chi connectivity index (χ1n) is 5.63. The quantitative estimate of drug-likeness (QED) is 0.891. The van der Waals surface area contributed by atoms with Crippen molar-refractivity contribution >= 4 is 17.3 Å². The van der Waals surface area contributed by atoms with Gasteiger partial charge in [0.05, 0.1) is 12.8 Å². The molecule has 0 fully saturated rings. The number of hydrogen-bond donors (Lipinski definition) is 1. The Hall–Kier alpha value is -1.87. The van der Waals surface area contributed by atoms with Crippen LogP contribution in [0.15, 0.2) is 42.5 Å². The van der Waals surface area contributed by atoms with E-state index >= 15 is 0 Å². The Morgan fingerprint density at radius 1 is 1.17 bits per heavy atom. The molecule has 2 aromatic carbocycles. The van der Waals surface area contributed by atoms with Crippen molar-refractivity contribution in [2.24, 2.45) is 0 Å². The van der Waals surface area contributed by atoms with Crippen molar-refractivity contribution in [1.29, 1.82) is 0 Å². The zero-order valence-electron chi connectivity index (χ0n) is 9.81. The number of methoxy groups -OCH3 is 1. The lowest BCUT2D eigenvalue weighted by Crippen LogP contribution is -2.09. The predicted octanol–water partition coefficient (Wildman–Crippen LogP) is 3.85. The van der Waals surface area contributed by atoms with Gasteiger partial charge in [0.2, 0.25) is 0 Å². The molecule has 1 aliphatic heterocycles. The normalized spacial score (nSPS) is 16.7. The molecule has 0 saturated carbocycles. The third-order valence-electron chi connectivity index (χ3n) is 2.89. The number of halogens is 1. The van der Waals surface area contributed by atoms with Crippen LogP contribution in [0.4, 0.5) is 5.69 Å². The van der Waals surface area contributed by atoms with Crippen LogP contribution in [0.3, 0.4) is 0 Å². The molecule has 0 saturated heterocycles. The van der Waals surface area contributed by atoms with Crippen LogP contribution in [0.5, 0.6) is 11.5 Å². The highest BCUT2D eigenvalue weighted by atomic mass is 35.5. The van der Waals surface area contributed by atoms with Crippen LogP contribution in [0.2, 0.25) is 5.02 Å². The fourth-order valence-corrected chi connectivity index (χ4v) is 2.12. The fourth-order valence-electron chi connectivity index (χ4n) is 1.95. The molecule has 2 aromatic rings. The third-order valence-corrected chi connectivity index (χ3v) is 3.13. The smallest absolute Gasteiger partial charge is 0.196 e. The molecule has 0 spiro atoms. The highest BCUT2D eigenvalue weighted by Gasteiger charge is 2.23. The molecule has 3 nitrogen and oxygen atoms in total. The van der Waals surface area contributed by atoms with Crippen LogP contribution in [0, 0.1) is 0 Å². The van der Waals surface area contributed by atoms with E-state index in [-0.39, 0.29) is 6.23 Å². The summed E-state index contributed by atoms with van der Waals surface area (Å²) in [4.78, 5) is 0. The van der Waals surface area contributed by atoms with Crippen molar-refractivity contribution in [3.05, 3.63) is 53.1 Å². The Bertz CT molecular complexity index is 569. The Morgan fingerprint density at radius 2 is 1.94 bits per heavy atom. The summed E-state index contributed by atoms with van der Waals surface area (Å²) in [5, 5.41) is 3.98. The maximum Gasteiger partial charge on any atom is 0.196 e. The van der Waals surface area contributed by atoms with Gasteiger partial charge in [0.25, 0.3) is 0 Å². The van der Waals surface area contributed by atoms with Gasteiger partial charge in [-0.25, -0.2) is 0 Å². The number of hydrogen-bond acceptors (Lipinski definition) is 3. The molecular formula is C14H12ClNO2. The van der Waals surface area contributed by atoms with Gasteiger partial charge in [0, 0.05) is 10.6 Å². The van der Waals surface area contributed by atoms with Gasteiger partial charge in [-0.2, -0.15) is 0 Å². The van der Waals surface area contributed by atoms with Crippen molar-refractivity contribution in [2.45, 2.75) is 6.23 Å². The molecule has 1 heterocycles. The van der Waals surface area contributed by atoms with Gasteiger partial charge >= 0.3 is 0 Å². The molecule has 1 aliphatic rings. The SMILES string of the molecule is COc1ccc([C@H]2Nc3cc(Cl)ccc3O2)cc1. The second kappa shape index (κ2) is 4.42. The van der Waals surface area contributed by atoms with Gasteiger partial charge in [-0.05, 0) is 42.5 Å². The topological polar surface area (TPSA) is 30.5 Å². The number of rotatable bonds is 2. The average molecular weight is 262 g/mol. The minimum Gasteiger partial charge on any atom is -0.497 e. The molecule has 4 heteroatoms. The molecule has 0 bridgehead atoms. The van der Waals surface area contributed by atoms with Gasteiger partial charge in [0.15, 0.2) is 6.23 Å². The zero-order valence-corrected chi connectivity index (χ0v) is 10.6. The minimum absolute atomic E-state index is 0.177. The molecule has 1 atom stereocenters. The van der Waals surface area contributed by atoms with Crippen LogP contribution < -0.4 is 14.8 Å². The summed E-state index contributed by atoms with van der Waals surface area (Å²) in [6.07, 6.45) is -0.177. The lowest BCUT2D eigenvalue weighted by atomic mass is 10.2. The van der Waals surface area contributed by atoms with E-state index in [0.717, 1.165) is 22.7 Å². The highest BCUT2D eigenvalue weighted by molar-refractivity contribution is 6.30. The number of nitrogens with one attached hydrogen (secondary N) is 1. The summed E-state index contributed by atoms with van der Waals surface area (Å²) in [6, 6.07) is 13.3. The standard InChI is InChI=1S/C14H12ClNO2/c1-17-11-5-2-9(3-6-11)14-16-12-8-10(15)4-7-13(12)18-14/h2-8,14,16H,1H3/t14-/m0/s1. The Morgan fingerprint density at radius 3 is 2.67 bits per heavy atom. The second-order valence-corrected chi connectivity index (χ2v) is 4.49. The van der Waals surface area contributed by atoms with Gasteiger partial charge in [-0.15, -0.1) is 0 Å². The van der Waals surface area contributed by atoms with Crippen LogP contribution in [0.1, 0.15) is 11.8 Å². The first kappa shape index (κ1) is 11.2. The Labute approximate surface area is 110 Å². The highest BCUT2D eigenvalue weighted by Crippen LogP contribution is 2.39. The molecule has 92 valence electrons. The number of anilines is 1. The van der Waals surface area contributed by atoms with Crippen LogP contribution >= 0.6 is 11.6 Å². The largest absolute Gasteiger partial charge is 0.497 e. The van der Waals surface area contributed by atoms with Crippen molar-refractivity contribution in [3.8, 4) is 11.5 Å². The maximum absolute atomic E-state index is 5.94. The summed E-state index contributed by atoms with van der Waals surface area (Å²) in [5.74, 6) is 1.65. The van der Waals surface area contributed by atoms with Crippen molar-refractivity contribution in [2.75, 3.05) is 12.4 Å². The van der Waals surface area contributed by atoms with Crippen LogP contribution in [-0.4, -0.2) is 7.11 Å². The summed E-state index contributed by atoms with van der Waals surface area (Å²) in [6.45, 7) is 0. The summed E-state index contributed by atoms with van der Waals surface area (Å²) in [7, 11) is 1.65. The van der Waals surface area contributed by atoms with Crippen molar-refractivity contribution in [1.82, 2.24) is 0 Å². The van der Waals surface area contributed by atoms with Gasteiger partial charge in [0.1, 0.15) is 11.5 Å². The molecular weight excluding hydrogens is 250 g/mol. The average Bonchev–Trinajstić information content (AvgIpc) is 2.81. The summed E-state index contributed by atoms with van der Waals surface area (Å²) in [5.41, 5.74) is 1.96. The molecule has 0 unspecified atom stereocenters. The molecule has 3 rings (SSSR count). The number of fused-ring (bicyclic) bond motifs is 1. The maximum atomic E-state index is 5.94.